The number of anilines is 1. The molecule has 25 heteroatoms. The van der Waals surface area contributed by atoms with Crippen molar-refractivity contribution < 1.29 is 74.8 Å². The summed E-state index contributed by atoms with van der Waals surface area (Å²) in [7, 11) is -21.1. The van der Waals surface area contributed by atoms with Crippen molar-refractivity contribution in [3.05, 3.63) is 12.7 Å². The Balaban J connectivity index is 1.86. The van der Waals surface area contributed by atoms with Gasteiger partial charge in [0.1, 0.15) is 30.2 Å². The van der Waals surface area contributed by atoms with Crippen LogP contribution < -0.4 is 5.73 Å². The minimum atomic E-state index is -5.81. The first-order chi connectivity index (χ1) is 16.4. The molecule has 21 nitrogen and oxygen atoms in total. The van der Waals surface area contributed by atoms with Gasteiger partial charge in [-0.3, -0.25) is 13.6 Å². The van der Waals surface area contributed by atoms with Crippen molar-refractivity contribution in [1.29, 1.82) is 0 Å². The average Bonchev–Trinajstić information content (AvgIpc) is 3.24. The van der Waals surface area contributed by atoms with Crippen LogP contribution in [0.4, 0.5) is 5.82 Å². The molecule has 1 saturated heterocycles. The molecular weight excluding hydrogens is 582 g/mol. The molecule has 6 atom stereocenters. The lowest BCUT2D eigenvalue weighted by Gasteiger charge is -2.24. The fourth-order valence-corrected chi connectivity index (χ4v) is 6.73. The number of nitrogen functional groups attached to an aromatic ring is 1. The summed E-state index contributed by atoms with van der Waals surface area (Å²) in [5.41, 5.74) is 5.98. The van der Waals surface area contributed by atoms with Crippen LogP contribution in [0.1, 0.15) is 6.23 Å². The summed E-state index contributed by atoms with van der Waals surface area (Å²) in [4.78, 5) is 66.5. The van der Waals surface area contributed by atoms with Gasteiger partial charge in [-0.2, -0.15) is 8.62 Å². The van der Waals surface area contributed by atoms with Crippen molar-refractivity contribution >= 4 is 48.3 Å². The van der Waals surface area contributed by atoms with E-state index in [0.29, 0.717) is 0 Å². The lowest BCUT2D eigenvalue weighted by molar-refractivity contribution is -0.0577. The zero-order valence-electron chi connectivity index (χ0n) is 17.6. The van der Waals surface area contributed by atoms with E-state index in [2.05, 4.69) is 28.1 Å². The smallest absolute Gasteiger partial charge is 0.382 e. The zero-order chi connectivity index (χ0) is 27.1. The minimum absolute atomic E-state index is 0.00191. The maximum absolute atomic E-state index is 12.1. The highest BCUT2D eigenvalue weighted by molar-refractivity contribution is 7.66. The Bertz CT molecular complexity index is 1290. The van der Waals surface area contributed by atoms with Gasteiger partial charge in [-0.05, 0) is 0 Å². The number of hydrogen-bond acceptors (Lipinski definition) is 14. The number of methoxy groups -OCH3 is 1. The second-order valence-corrected chi connectivity index (χ2v) is 12.4. The molecule has 204 valence electrons. The zero-order valence-corrected chi connectivity index (χ0v) is 21.2. The summed E-state index contributed by atoms with van der Waals surface area (Å²) in [5, 5.41) is 0. The highest BCUT2D eigenvalue weighted by atomic mass is 31.3. The van der Waals surface area contributed by atoms with Crippen LogP contribution in [0.25, 0.3) is 11.2 Å². The lowest BCUT2D eigenvalue weighted by atomic mass is 10.1. The third kappa shape index (κ3) is 7.43. The third-order valence-corrected chi connectivity index (χ3v) is 8.62. The maximum atomic E-state index is 12.1. The van der Waals surface area contributed by atoms with Crippen LogP contribution in [0.2, 0.25) is 0 Å². The van der Waals surface area contributed by atoms with E-state index >= 15 is 0 Å². The summed E-state index contributed by atoms with van der Waals surface area (Å²) in [5.74, 6) is -0.00191. The number of aromatic nitrogens is 4. The molecule has 0 bridgehead atoms. The highest BCUT2D eigenvalue weighted by Gasteiger charge is 2.51. The number of phosphoric acid groups is 4. The van der Waals surface area contributed by atoms with Crippen LogP contribution in [0.3, 0.4) is 0 Å². The molecule has 1 aliphatic rings. The number of fused-ring (bicyclic) bond motifs is 1. The van der Waals surface area contributed by atoms with Crippen LogP contribution in [-0.2, 0) is 45.4 Å². The number of rotatable bonds is 11. The van der Waals surface area contributed by atoms with Crippen molar-refractivity contribution in [3.8, 4) is 0 Å². The summed E-state index contributed by atoms with van der Waals surface area (Å²) in [6.07, 6.45) is -3.64. The molecule has 2 unspecified atom stereocenters. The Morgan fingerprint density at radius 1 is 0.972 bits per heavy atom. The number of ether oxygens (including phenoxy) is 2. The van der Waals surface area contributed by atoms with Gasteiger partial charge in [0.15, 0.2) is 17.7 Å². The topological polar surface area (TPSA) is 315 Å². The summed E-state index contributed by atoms with van der Waals surface area (Å²) < 4.78 is 74.4. The molecule has 3 rings (SSSR count). The quantitative estimate of drug-likeness (QED) is 0.154. The first kappa shape index (κ1) is 29.3. The first-order valence-electron chi connectivity index (χ1n) is 9.05. The molecule has 0 saturated carbocycles. The second kappa shape index (κ2) is 10.5. The van der Waals surface area contributed by atoms with E-state index in [1.54, 1.807) is 0 Å². The van der Waals surface area contributed by atoms with Crippen molar-refractivity contribution in [3.63, 3.8) is 0 Å². The van der Waals surface area contributed by atoms with Crippen LogP contribution in [0, 0.1) is 0 Å². The van der Waals surface area contributed by atoms with E-state index in [-0.39, 0.29) is 17.0 Å². The molecule has 0 aromatic carbocycles. The van der Waals surface area contributed by atoms with Crippen molar-refractivity contribution in [2.75, 3.05) is 19.5 Å². The fraction of sp³-hybridized carbons (Fsp3) is 0.545. The summed E-state index contributed by atoms with van der Waals surface area (Å²) in [6.45, 7) is -1.09. The van der Waals surface area contributed by atoms with Crippen molar-refractivity contribution in [2.24, 2.45) is 0 Å². The summed E-state index contributed by atoms with van der Waals surface area (Å²) in [6, 6.07) is 0. The van der Waals surface area contributed by atoms with Crippen LogP contribution >= 0.6 is 31.3 Å². The van der Waals surface area contributed by atoms with E-state index in [1.807, 2.05) is 0 Å². The van der Waals surface area contributed by atoms with Gasteiger partial charge in [0.05, 0.1) is 12.9 Å². The Labute approximate surface area is 199 Å². The predicted molar refractivity (Wildman–Crippen MR) is 111 cm³/mol. The molecule has 0 amide bonds. The van der Waals surface area contributed by atoms with E-state index in [9.17, 15) is 37.8 Å². The number of phosphoric ester groups is 2. The van der Waals surface area contributed by atoms with Crippen molar-refractivity contribution in [2.45, 2.75) is 24.5 Å². The maximum Gasteiger partial charge on any atom is 0.490 e. The monoisotopic (exact) mass is 601 g/mol. The average molecular weight is 601 g/mol. The van der Waals surface area contributed by atoms with E-state index in [0.717, 1.165) is 13.4 Å². The van der Waals surface area contributed by atoms with Gasteiger partial charge < -0.3 is 44.6 Å². The number of nitrogens with zero attached hydrogens (tertiary/aromatic N) is 4. The second-order valence-electron chi connectivity index (χ2n) is 6.80. The third-order valence-electron chi connectivity index (χ3n) is 4.30. The van der Waals surface area contributed by atoms with E-state index in [4.69, 9.17) is 29.5 Å². The number of imidazole rings is 1. The Morgan fingerprint density at radius 2 is 1.64 bits per heavy atom. The van der Waals surface area contributed by atoms with Gasteiger partial charge in [-0.25, -0.2) is 33.2 Å². The minimum Gasteiger partial charge on any atom is -0.382 e. The van der Waals surface area contributed by atoms with E-state index < -0.39 is 62.4 Å². The Hall–Kier alpha value is -1.21. The molecule has 36 heavy (non-hydrogen) atoms. The van der Waals surface area contributed by atoms with Gasteiger partial charge in [-0.1, -0.05) is 0 Å². The van der Waals surface area contributed by atoms with Gasteiger partial charge in [0.25, 0.3) is 0 Å². The van der Waals surface area contributed by atoms with Gasteiger partial charge in [-0.15, -0.1) is 0 Å². The summed E-state index contributed by atoms with van der Waals surface area (Å²) >= 11 is 0. The predicted octanol–water partition coefficient (Wildman–Crippen LogP) is -0.858. The molecule has 1 aliphatic heterocycles. The SMILES string of the molecule is CO[C@@H]1[C@H](OP(=O)(O)O)[C@@H](COP(=O)(O)OP(=O)(O)OP(=O)(O)O)O[C@H]1n1cnc2c(N)ncnc21. The molecule has 8 N–H and O–H groups in total. The number of nitrogens with two attached hydrogens (primary N) is 1. The highest BCUT2D eigenvalue weighted by Crippen LogP contribution is 2.66. The van der Waals surface area contributed by atoms with Crippen LogP contribution in [0.5, 0.6) is 0 Å². The molecule has 0 radical (unpaired) electrons. The normalized spacial score (nSPS) is 26.6. The lowest BCUT2D eigenvalue weighted by Crippen LogP contribution is -2.37. The molecule has 0 aliphatic carbocycles. The number of hydrogen-bond donors (Lipinski definition) is 7. The van der Waals surface area contributed by atoms with Crippen LogP contribution in [-0.4, -0.2) is 80.9 Å². The molecule has 1 fully saturated rings. The molecule has 2 aromatic rings. The van der Waals surface area contributed by atoms with Gasteiger partial charge >= 0.3 is 31.3 Å². The standard InChI is InChI=1S/C11H19N5O16P4/c1-27-8-7(30-33(17,18)19)5(2-28-35(23,24)32-36(25,26)31-34(20,21)22)29-11(8)16-4-15-6-9(12)13-3-14-10(6)16/h3-5,7-8,11H,2H2,1H3,(H,23,24)(H,25,26)(H2,12,13,14)(H2,17,18,19)(H2,20,21,22)/t5-,7-,8-,11-/m1/s1. The molecular formula is C11H19N5O16P4. The first-order valence-corrected chi connectivity index (χ1v) is 15.1. The van der Waals surface area contributed by atoms with Crippen LogP contribution in [0.15, 0.2) is 12.7 Å². The van der Waals surface area contributed by atoms with E-state index in [1.165, 1.54) is 10.9 Å². The van der Waals surface area contributed by atoms with Gasteiger partial charge in [0, 0.05) is 7.11 Å². The molecule has 0 spiro atoms. The Morgan fingerprint density at radius 3 is 2.22 bits per heavy atom. The Kier molecular flexibility index (Phi) is 8.57. The molecule has 3 heterocycles. The fourth-order valence-electron chi connectivity index (χ4n) is 3.13. The van der Waals surface area contributed by atoms with Crippen molar-refractivity contribution in [1.82, 2.24) is 19.5 Å². The molecule has 2 aromatic heterocycles. The van der Waals surface area contributed by atoms with Gasteiger partial charge in [0.2, 0.25) is 0 Å². The largest absolute Gasteiger partial charge is 0.490 e.